The Morgan fingerprint density at radius 3 is 2.29 bits per heavy atom. The Labute approximate surface area is 126 Å². The molecule has 0 saturated heterocycles. The summed E-state index contributed by atoms with van der Waals surface area (Å²) in [6.45, 7) is 6.23. The van der Waals surface area contributed by atoms with Gasteiger partial charge in [-0.25, -0.2) is 4.79 Å². The quantitative estimate of drug-likeness (QED) is 0.741. The SMILES string of the molecule is CC1C(N)CCC(C(=O)NC2(C(=O)O)CCCC2)C1(C)C. The van der Waals surface area contributed by atoms with Crippen LogP contribution in [0.2, 0.25) is 0 Å². The molecule has 0 heterocycles. The maximum absolute atomic E-state index is 12.7. The number of nitrogens with one attached hydrogen (secondary N) is 1. The summed E-state index contributed by atoms with van der Waals surface area (Å²) >= 11 is 0. The third-order valence-corrected chi connectivity index (χ3v) is 6.05. The van der Waals surface area contributed by atoms with Gasteiger partial charge in [-0.3, -0.25) is 4.79 Å². The zero-order valence-electron chi connectivity index (χ0n) is 13.3. The number of carboxylic acids is 1. The minimum atomic E-state index is -1.05. The van der Waals surface area contributed by atoms with Gasteiger partial charge >= 0.3 is 5.97 Å². The summed E-state index contributed by atoms with van der Waals surface area (Å²) in [7, 11) is 0. The fourth-order valence-electron chi connectivity index (χ4n) is 4.01. The highest BCUT2D eigenvalue weighted by molar-refractivity contribution is 5.88. The van der Waals surface area contributed by atoms with Gasteiger partial charge < -0.3 is 16.2 Å². The summed E-state index contributed by atoms with van der Waals surface area (Å²) < 4.78 is 0. The molecule has 5 heteroatoms. The van der Waals surface area contributed by atoms with E-state index in [0.29, 0.717) is 12.8 Å². The zero-order valence-corrected chi connectivity index (χ0v) is 13.3. The van der Waals surface area contributed by atoms with E-state index in [1.165, 1.54) is 0 Å². The molecule has 1 amide bonds. The average molecular weight is 296 g/mol. The monoisotopic (exact) mass is 296 g/mol. The second-order valence-electron chi connectivity index (χ2n) is 7.49. The lowest BCUT2D eigenvalue weighted by Crippen LogP contribution is -2.58. The molecule has 3 atom stereocenters. The van der Waals surface area contributed by atoms with Crippen molar-refractivity contribution in [1.29, 1.82) is 0 Å². The van der Waals surface area contributed by atoms with Crippen LogP contribution in [0.1, 0.15) is 59.3 Å². The van der Waals surface area contributed by atoms with Crippen molar-refractivity contribution in [2.75, 3.05) is 0 Å². The average Bonchev–Trinajstić information content (AvgIpc) is 2.85. The van der Waals surface area contributed by atoms with Crippen LogP contribution < -0.4 is 11.1 Å². The van der Waals surface area contributed by atoms with Crippen molar-refractivity contribution >= 4 is 11.9 Å². The van der Waals surface area contributed by atoms with E-state index >= 15 is 0 Å². The van der Waals surface area contributed by atoms with Crippen molar-refractivity contribution < 1.29 is 14.7 Å². The molecule has 2 rings (SSSR count). The summed E-state index contributed by atoms with van der Waals surface area (Å²) in [5.41, 5.74) is 4.87. The predicted molar refractivity (Wildman–Crippen MR) is 80.6 cm³/mol. The van der Waals surface area contributed by atoms with E-state index in [4.69, 9.17) is 5.73 Å². The highest BCUT2D eigenvalue weighted by atomic mass is 16.4. The lowest BCUT2D eigenvalue weighted by atomic mass is 9.60. The lowest BCUT2D eigenvalue weighted by Gasteiger charge is -2.46. The van der Waals surface area contributed by atoms with E-state index in [0.717, 1.165) is 25.7 Å². The second-order valence-corrected chi connectivity index (χ2v) is 7.49. The highest BCUT2D eigenvalue weighted by Crippen LogP contribution is 2.45. The lowest BCUT2D eigenvalue weighted by molar-refractivity contribution is -0.150. The van der Waals surface area contributed by atoms with Gasteiger partial charge in [-0.05, 0) is 37.0 Å². The van der Waals surface area contributed by atoms with E-state index in [1.807, 2.05) is 0 Å². The fourth-order valence-corrected chi connectivity index (χ4v) is 4.01. The van der Waals surface area contributed by atoms with Crippen molar-refractivity contribution in [3.05, 3.63) is 0 Å². The van der Waals surface area contributed by atoms with Crippen LogP contribution >= 0.6 is 0 Å². The van der Waals surface area contributed by atoms with Crippen LogP contribution in [0.25, 0.3) is 0 Å². The van der Waals surface area contributed by atoms with Crippen LogP contribution in [0.3, 0.4) is 0 Å². The van der Waals surface area contributed by atoms with Crippen molar-refractivity contribution in [1.82, 2.24) is 5.32 Å². The van der Waals surface area contributed by atoms with Crippen molar-refractivity contribution in [2.24, 2.45) is 23.0 Å². The number of hydrogen-bond donors (Lipinski definition) is 3. The minimum Gasteiger partial charge on any atom is -0.480 e. The Bertz CT molecular complexity index is 427. The largest absolute Gasteiger partial charge is 0.480 e. The Balaban J connectivity index is 2.14. The number of carbonyl (C=O) groups is 2. The molecule has 5 nitrogen and oxygen atoms in total. The molecule has 2 aliphatic carbocycles. The van der Waals surface area contributed by atoms with Crippen LogP contribution in [0.15, 0.2) is 0 Å². The number of carbonyl (C=O) groups excluding carboxylic acids is 1. The summed E-state index contributed by atoms with van der Waals surface area (Å²) in [6, 6.07) is 0.115. The van der Waals surface area contributed by atoms with Gasteiger partial charge in [0.1, 0.15) is 5.54 Å². The molecular weight excluding hydrogens is 268 g/mol. The normalized spacial score (nSPS) is 34.4. The maximum Gasteiger partial charge on any atom is 0.329 e. The van der Waals surface area contributed by atoms with Gasteiger partial charge in [0.15, 0.2) is 0 Å². The first-order valence-electron chi connectivity index (χ1n) is 8.02. The Hall–Kier alpha value is -1.10. The van der Waals surface area contributed by atoms with Crippen molar-refractivity contribution in [2.45, 2.75) is 70.9 Å². The molecule has 2 saturated carbocycles. The Morgan fingerprint density at radius 1 is 1.19 bits per heavy atom. The van der Waals surface area contributed by atoms with Gasteiger partial charge in [-0.1, -0.05) is 33.6 Å². The highest BCUT2D eigenvalue weighted by Gasteiger charge is 2.49. The van der Waals surface area contributed by atoms with Crippen molar-refractivity contribution in [3.8, 4) is 0 Å². The zero-order chi connectivity index (χ0) is 15.8. The summed E-state index contributed by atoms with van der Waals surface area (Å²) in [4.78, 5) is 24.3. The number of carboxylic acid groups (broad SMARTS) is 1. The molecule has 0 aromatic carbocycles. The van der Waals surface area contributed by atoms with Crippen LogP contribution in [-0.4, -0.2) is 28.6 Å². The minimum absolute atomic E-state index is 0.108. The molecule has 3 unspecified atom stereocenters. The van der Waals surface area contributed by atoms with Crippen molar-refractivity contribution in [3.63, 3.8) is 0 Å². The van der Waals surface area contributed by atoms with Crippen LogP contribution in [0.5, 0.6) is 0 Å². The van der Waals surface area contributed by atoms with E-state index in [1.54, 1.807) is 0 Å². The summed E-state index contributed by atoms with van der Waals surface area (Å²) in [5, 5.41) is 12.4. The van der Waals surface area contributed by atoms with Gasteiger partial charge in [0.25, 0.3) is 0 Å². The van der Waals surface area contributed by atoms with E-state index < -0.39 is 11.5 Å². The molecular formula is C16H28N2O3. The standard InChI is InChI=1S/C16H28N2O3/c1-10-12(17)7-6-11(15(10,2)3)13(19)18-16(14(20)21)8-4-5-9-16/h10-12H,4-9,17H2,1-3H3,(H,18,19)(H,20,21). The smallest absolute Gasteiger partial charge is 0.329 e. The van der Waals surface area contributed by atoms with Crippen LogP contribution in [-0.2, 0) is 9.59 Å². The Morgan fingerprint density at radius 2 is 1.76 bits per heavy atom. The fraction of sp³-hybridized carbons (Fsp3) is 0.875. The number of nitrogens with two attached hydrogens (primary N) is 1. The van der Waals surface area contributed by atoms with Crippen LogP contribution in [0, 0.1) is 17.3 Å². The van der Waals surface area contributed by atoms with E-state index in [-0.39, 0.29) is 29.2 Å². The first kappa shape index (κ1) is 16.3. The summed E-state index contributed by atoms with van der Waals surface area (Å²) in [6.07, 6.45) is 4.36. The molecule has 0 aromatic rings. The molecule has 120 valence electrons. The number of hydrogen-bond acceptors (Lipinski definition) is 3. The number of aliphatic carboxylic acids is 1. The van der Waals surface area contributed by atoms with E-state index in [2.05, 4.69) is 26.1 Å². The molecule has 0 bridgehead atoms. The Kier molecular flexibility index (Phi) is 4.34. The molecule has 0 spiro atoms. The molecule has 2 fully saturated rings. The van der Waals surface area contributed by atoms with E-state index in [9.17, 15) is 14.7 Å². The molecule has 0 radical (unpaired) electrons. The third-order valence-electron chi connectivity index (χ3n) is 6.05. The molecule has 0 aromatic heterocycles. The van der Waals surface area contributed by atoms with Gasteiger partial charge in [0, 0.05) is 12.0 Å². The number of rotatable bonds is 3. The van der Waals surface area contributed by atoms with Gasteiger partial charge in [0.2, 0.25) is 5.91 Å². The first-order chi connectivity index (χ1) is 9.70. The van der Waals surface area contributed by atoms with Crippen LogP contribution in [0.4, 0.5) is 0 Å². The van der Waals surface area contributed by atoms with Gasteiger partial charge in [-0.2, -0.15) is 0 Å². The maximum atomic E-state index is 12.7. The van der Waals surface area contributed by atoms with Gasteiger partial charge in [-0.15, -0.1) is 0 Å². The number of amides is 1. The molecule has 21 heavy (non-hydrogen) atoms. The molecule has 4 N–H and O–H groups in total. The molecule has 2 aliphatic rings. The second kappa shape index (κ2) is 5.59. The topological polar surface area (TPSA) is 92.4 Å². The summed E-state index contributed by atoms with van der Waals surface area (Å²) in [5.74, 6) is -0.926. The van der Waals surface area contributed by atoms with Gasteiger partial charge in [0.05, 0.1) is 0 Å². The predicted octanol–water partition coefficient (Wildman–Crippen LogP) is 1.90. The molecule has 0 aliphatic heterocycles. The third kappa shape index (κ3) is 2.80. The first-order valence-corrected chi connectivity index (χ1v) is 8.02.